The van der Waals surface area contributed by atoms with Gasteiger partial charge in [-0.2, -0.15) is 0 Å². The highest BCUT2D eigenvalue weighted by molar-refractivity contribution is 6.01. The number of aromatic carboxylic acids is 1. The number of nitrogens with zero attached hydrogens (tertiary/aromatic N) is 1. The van der Waals surface area contributed by atoms with Crippen LogP contribution in [0, 0.1) is 0 Å². The molecule has 132 valence electrons. The monoisotopic (exact) mass is 355 g/mol. The molecule has 1 heterocycles. The maximum absolute atomic E-state index is 12.0. The Balaban J connectivity index is 1.94. The Bertz CT molecular complexity index is 1140. The number of ether oxygens (including phenoxy) is 1. The molecule has 0 aliphatic carbocycles. The molecule has 3 aromatic carbocycles. The lowest BCUT2D eigenvalue weighted by atomic mass is 9.98. The molecule has 0 aliphatic heterocycles. The number of carboxylic acids is 1. The lowest BCUT2D eigenvalue weighted by Crippen LogP contribution is -2.03. The molecular weight excluding hydrogens is 338 g/mol. The third-order valence-corrected chi connectivity index (χ3v) is 4.56. The predicted molar refractivity (Wildman–Crippen MR) is 106 cm³/mol. The Kier molecular flexibility index (Phi) is 4.30. The topological polar surface area (TPSA) is 59.4 Å². The van der Waals surface area contributed by atoms with Crippen molar-refractivity contribution in [2.24, 2.45) is 0 Å². The first-order chi connectivity index (χ1) is 13.2. The summed E-state index contributed by atoms with van der Waals surface area (Å²) in [5.41, 5.74) is 2.88. The number of benzene rings is 3. The molecule has 4 heteroatoms. The van der Waals surface area contributed by atoms with Crippen molar-refractivity contribution in [3.8, 4) is 28.1 Å². The lowest BCUT2D eigenvalue weighted by molar-refractivity contribution is 0.0697. The molecule has 0 radical (unpaired) electrons. The van der Waals surface area contributed by atoms with E-state index < -0.39 is 5.97 Å². The second-order valence-electron chi connectivity index (χ2n) is 6.16. The molecule has 0 fully saturated rings. The molecule has 4 nitrogen and oxygen atoms in total. The summed E-state index contributed by atoms with van der Waals surface area (Å²) in [6.45, 7) is 0. The van der Waals surface area contributed by atoms with Crippen molar-refractivity contribution in [2.45, 2.75) is 0 Å². The van der Waals surface area contributed by atoms with Gasteiger partial charge >= 0.3 is 5.97 Å². The third-order valence-electron chi connectivity index (χ3n) is 4.56. The van der Waals surface area contributed by atoms with Gasteiger partial charge in [-0.25, -0.2) is 4.79 Å². The molecule has 0 spiro atoms. The van der Waals surface area contributed by atoms with Gasteiger partial charge in [-0.3, -0.25) is 4.98 Å². The van der Waals surface area contributed by atoms with E-state index in [1.54, 1.807) is 19.4 Å². The SMILES string of the molecule is COc1c(-c2ncc(-c3ccccc3)cc2C(=O)O)ccc2ccccc12. The van der Waals surface area contributed by atoms with E-state index in [2.05, 4.69) is 4.98 Å². The van der Waals surface area contributed by atoms with Crippen LogP contribution in [0.2, 0.25) is 0 Å². The average molecular weight is 355 g/mol. The van der Waals surface area contributed by atoms with Crippen LogP contribution in [0.4, 0.5) is 0 Å². The van der Waals surface area contributed by atoms with E-state index in [-0.39, 0.29) is 5.56 Å². The van der Waals surface area contributed by atoms with E-state index in [1.165, 1.54) is 0 Å². The number of aromatic nitrogens is 1. The van der Waals surface area contributed by atoms with Gasteiger partial charge in [-0.1, -0.05) is 60.7 Å². The summed E-state index contributed by atoms with van der Waals surface area (Å²) < 4.78 is 5.63. The van der Waals surface area contributed by atoms with Crippen molar-refractivity contribution >= 4 is 16.7 Å². The van der Waals surface area contributed by atoms with Crippen molar-refractivity contribution in [3.63, 3.8) is 0 Å². The molecule has 0 amide bonds. The van der Waals surface area contributed by atoms with Gasteiger partial charge in [0, 0.05) is 22.7 Å². The van der Waals surface area contributed by atoms with Gasteiger partial charge in [0.05, 0.1) is 18.4 Å². The van der Waals surface area contributed by atoms with Crippen molar-refractivity contribution in [1.29, 1.82) is 0 Å². The third kappa shape index (κ3) is 3.02. The lowest BCUT2D eigenvalue weighted by Gasteiger charge is -2.14. The summed E-state index contributed by atoms with van der Waals surface area (Å²) in [7, 11) is 1.59. The number of fused-ring (bicyclic) bond motifs is 1. The first kappa shape index (κ1) is 16.8. The quantitative estimate of drug-likeness (QED) is 0.541. The molecule has 0 aliphatic rings. The van der Waals surface area contributed by atoms with Crippen LogP contribution in [-0.4, -0.2) is 23.2 Å². The number of hydrogen-bond donors (Lipinski definition) is 1. The largest absolute Gasteiger partial charge is 0.495 e. The number of carboxylic acid groups (broad SMARTS) is 1. The molecule has 4 aromatic rings. The first-order valence-corrected chi connectivity index (χ1v) is 8.54. The molecule has 1 N–H and O–H groups in total. The zero-order valence-corrected chi connectivity index (χ0v) is 14.7. The Labute approximate surface area is 156 Å². The second kappa shape index (κ2) is 6.92. The molecule has 0 bridgehead atoms. The number of pyridine rings is 1. The Morgan fingerprint density at radius 3 is 2.41 bits per heavy atom. The number of carbonyl (C=O) groups is 1. The molecule has 4 rings (SSSR count). The molecular formula is C23H17NO3. The minimum Gasteiger partial charge on any atom is -0.495 e. The fourth-order valence-electron chi connectivity index (χ4n) is 3.28. The number of hydrogen-bond acceptors (Lipinski definition) is 3. The summed E-state index contributed by atoms with van der Waals surface area (Å²) in [6.07, 6.45) is 1.70. The molecule has 0 unspecified atom stereocenters. The van der Waals surface area contributed by atoms with E-state index in [4.69, 9.17) is 4.74 Å². The fourth-order valence-corrected chi connectivity index (χ4v) is 3.28. The van der Waals surface area contributed by atoms with Crippen molar-refractivity contribution in [1.82, 2.24) is 4.98 Å². The highest BCUT2D eigenvalue weighted by Gasteiger charge is 2.19. The smallest absolute Gasteiger partial charge is 0.337 e. The molecule has 0 atom stereocenters. The minimum absolute atomic E-state index is 0.143. The second-order valence-corrected chi connectivity index (χ2v) is 6.16. The van der Waals surface area contributed by atoms with E-state index in [0.29, 0.717) is 17.0 Å². The summed E-state index contributed by atoms with van der Waals surface area (Å²) >= 11 is 0. The van der Waals surface area contributed by atoms with Crippen LogP contribution >= 0.6 is 0 Å². The van der Waals surface area contributed by atoms with Crippen molar-refractivity contribution in [3.05, 3.63) is 84.6 Å². The summed E-state index contributed by atoms with van der Waals surface area (Å²) in [5.74, 6) is -0.402. The van der Waals surface area contributed by atoms with Crippen molar-refractivity contribution < 1.29 is 14.6 Å². The minimum atomic E-state index is -1.02. The van der Waals surface area contributed by atoms with Crippen LogP contribution in [0.25, 0.3) is 33.2 Å². The molecule has 1 aromatic heterocycles. The average Bonchev–Trinajstić information content (AvgIpc) is 2.73. The van der Waals surface area contributed by atoms with Crippen LogP contribution in [0.5, 0.6) is 5.75 Å². The van der Waals surface area contributed by atoms with Gasteiger partial charge in [0.25, 0.3) is 0 Å². The van der Waals surface area contributed by atoms with Crippen LogP contribution in [-0.2, 0) is 0 Å². The Hall–Kier alpha value is -3.66. The van der Waals surface area contributed by atoms with Crippen LogP contribution in [0.1, 0.15) is 10.4 Å². The van der Waals surface area contributed by atoms with Gasteiger partial charge < -0.3 is 9.84 Å². The summed E-state index contributed by atoms with van der Waals surface area (Å²) in [5, 5.41) is 11.7. The zero-order valence-electron chi connectivity index (χ0n) is 14.7. The standard InChI is InChI=1S/C23H17NO3/c1-27-22-18-10-6-5-9-16(18)11-12-19(22)21-20(23(25)26)13-17(14-24-21)15-7-3-2-4-8-15/h2-14H,1H3,(H,25,26). The maximum Gasteiger partial charge on any atom is 0.337 e. The first-order valence-electron chi connectivity index (χ1n) is 8.54. The fraction of sp³-hybridized carbons (Fsp3) is 0.0435. The molecule has 0 saturated carbocycles. The summed E-state index contributed by atoms with van der Waals surface area (Å²) in [4.78, 5) is 16.5. The number of rotatable bonds is 4. The van der Waals surface area contributed by atoms with Crippen LogP contribution in [0.3, 0.4) is 0 Å². The van der Waals surface area contributed by atoms with Gasteiger partial charge in [0.1, 0.15) is 5.75 Å². The summed E-state index contributed by atoms with van der Waals surface area (Å²) in [6, 6.07) is 22.9. The normalized spacial score (nSPS) is 10.7. The Morgan fingerprint density at radius 1 is 0.926 bits per heavy atom. The van der Waals surface area contributed by atoms with E-state index in [9.17, 15) is 9.90 Å². The van der Waals surface area contributed by atoms with Gasteiger partial charge in [-0.15, -0.1) is 0 Å². The van der Waals surface area contributed by atoms with E-state index in [0.717, 1.165) is 21.9 Å². The Morgan fingerprint density at radius 2 is 1.67 bits per heavy atom. The molecule has 27 heavy (non-hydrogen) atoms. The van der Waals surface area contributed by atoms with Crippen LogP contribution in [0.15, 0.2) is 79.0 Å². The number of methoxy groups -OCH3 is 1. The van der Waals surface area contributed by atoms with Gasteiger partial charge in [0.2, 0.25) is 0 Å². The highest BCUT2D eigenvalue weighted by Crippen LogP contribution is 2.38. The van der Waals surface area contributed by atoms with E-state index >= 15 is 0 Å². The van der Waals surface area contributed by atoms with Crippen molar-refractivity contribution in [2.75, 3.05) is 7.11 Å². The zero-order chi connectivity index (χ0) is 18.8. The van der Waals surface area contributed by atoms with E-state index in [1.807, 2.05) is 66.7 Å². The van der Waals surface area contributed by atoms with Gasteiger partial charge in [-0.05, 0) is 23.1 Å². The maximum atomic E-state index is 12.0. The predicted octanol–water partition coefficient (Wildman–Crippen LogP) is 5.28. The van der Waals surface area contributed by atoms with Crippen LogP contribution < -0.4 is 4.74 Å². The van der Waals surface area contributed by atoms with Gasteiger partial charge in [0.15, 0.2) is 0 Å². The highest BCUT2D eigenvalue weighted by atomic mass is 16.5. The molecule has 0 saturated heterocycles.